The highest BCUT2D eigenvalue weighted by molar-refractivity contribution is 7.91. The molecule has 0 fully saturated rings. The van der Waals surface area contributed by atoms with Crippen molar-refractivity contribution in [3.8, 4) is 6.07 Å². The lowest BCUT2D eigenvalue weighted by atomic mass is 10.2. The second-order valence-electron chi connectivity index (χ2n) is 2.97. The zero-order chi connectivity index (χ0) is 11.2. The van der Waals surface area contributed by atoms with E-state index in [4.69, 9.17) is 5.26 Å². The summed E-state index contributed by atoms with van der Waals surface area (Å²) in [5, 5.41) is 8.42. The molecule has 0 aliphatic carbocycles. The fraction of sp³-hybridized carbons (Fsp3) is 0.857. The van der Waals surface area contributed by atoms with Gasteiger partial charge in [-0.15, -0.1) is 0 Å². The third kappa shape index (κ3) is 7.00. The average molecular weight is 238 g/mol. The molecule has 0 saturated carbocycles. The SMILES string of the molecule is CC(C#N)CNS(=O)(=O)CCS(C)=O. The van der Waals surface area contributed by atoms with Gasteiger partial charge in [-0.25, -0.2) is 13.1 Å². The van der Waals surface area contributed by atoms with Gasteiger partial charge in [0.25, 0.3) is 0 Å². The van der Waals surface area contributed by atoms with Gasteiger partial charge in [0, 0.05) is 29.4 Å². The van der Waals surface area contributed by atoms with Gasteiger partial charge in [0.2, 0.25) is 10.0 Å². The molecule has 0 aromatic heterocycles. The molecule has 7 heteroatoms. The van der Waals surface area contributed by atoms with E-state index in [1.54, 1.807) is 6.92 Å². The molecule has 0 spiro atoms. The van der Waals surface area contributed by atoms with Crippen LogP contribution in [0, 0.1) is 17.2 Å². The summed E-state index contributed by atoms with van der Waals surface area (Å²) in [4.78, 5) is 0. The maximum Gasteiger partial charge on any atom is 0.212 e. The van der Waals surface area contributed by atoms with E-state index < -0.39 is 20.8 Å². The first-order valence-electron chi connectivity index (χ1n) is 4.04. The predicted octanol–water partition coefficient (Wildman–Crippen LogP) is -0.556. The van der Waals surface area contributed by atoms with E-state index in [1.807, 2.05) is 6.07 Å². The van der Waals surface area contributed by atoms with E-state index in [9.17, 15) is 12.6 Å². The van der Waals surface area contributed by atoms with E-state index in [-0.39, 0.29) is 24.0 Å². The van der Waals surface area contributed by atoms with Crippen LogP contribution >= 0.6 is 0 Å². The summed E-state index contributed by atoms with van der Waals surface area (Å²) in [5.74, 6) is -0.387. The van der Waals surface area contributed by atoms with Crippen LogP contribution in [0.4, 0.5) is 0 Å². The van der Waals surface area contributed by atoms with E-state index in [1.165, 1.54) is 6.26 Å². The molecule has 82 valence electrons. The van der Waals surface area contributed by atoms with Crippen LogP contribution in [0.2, 0.25) is 0 Å². The Morgan fingerprint density at radius 2 is 2.14 bits per heavy atom. The molecule has 0 bridgehead atoms. The third-order valence-electron chi connectivity index (χ3n) is 1.47. The van der Waals surface area contributed by atoms with E-state index in [0.717, 1.165) is 0 Å². The Bertz CT molecular complexity index is 331. The lowest BCUT2D eigenvalue weighted by Gasteiger charge is -2.06. The highest BCUT2D eigenvalue weighted by Crippen LogP contribution is 1.92. The van der Waals surface area contributed by atoms with Crippen molar-refractivity contribution < 1.29 is 12.6 Å². The van der Waals surface area contributed by atoms with Gasteiger partial charge in [-0.1, -0.05) is 0 Å². The molecule has 0 saturated heterocycles. The first-order chi connectivity index (χ1) is 6.37. The first kappa shape index (κ1) is 13.5. The number of rotatable bonds is 6. The number of hydrogen-bond donors (Lipinski definition) is 1. The Morgan fingerprint density at radius 3 is 2.57 bits per heavy atom. The zero-order valence-electron chi connectivity index (χ0n) is 8.19. The van der Waals surface area contributed by atoms with Gasteiger partial charge < -0.3 is 0 Å². The van der Waals surface area contributed by atoms with Gasteiger partial charge in [-0.3, -0.25) is 4.21 Å². The minimum atomic E-state index is -3.38. The molecule has 0 aliphatic rings. The van der Waals surface area contributed by atoms with Crippen LogP contribution in [0.5, 0.6) is 0 Å². The minimum absolute atomic E-state index is 0.106. The molecule has 0 amide bonds. The van der Waals surface area contributed by atoms with Crippen LogP contribution < -0.4 is 4.72 Å². The number of nitrogens with one attached hydrogen (secondary N) is 1. The highest BCUT2D eigenvalue weighted by atomic mass is 32.2. The van der Waals surface area contributed by atoms with Crippen molar-refractivity contribution in [1.82, 2.24) is 4.72 Å². The summed E-state index contributed by atoms with van der Waals surface area (Å²) in [7, 11) is -4.49. The summed E-state index contributed by atoms with van der Waals surface area (Å²) >= 11 is 0. The van der Waals surface area contributed by atoms with Gasteiger partial charge in [-0.2, -0.15) is 5.26 Å². The molecule has 0 heterocycles. The van der Waals surface area contributed by atoms with Crippen molar-refractivity contribution in [2.24, 2.45) is 5.92 Å². The van der Waals surface area contributed by atoms with Crippen LogP contribution in [0.3, 0.4) is 0 Å². The van der Waals surface area contributed by atoms with Crippen LogP contribution in [0.25, 0.3) is 0 Å². The fourth-order valence-corrected chi connectivity index (χ4v) is 3.06. The van der Waals surface area contributed by atoms with Crippen molar-refractivity contribution in [1.29, 1.82) is 5.26 Å². The number of sulfonamides is 1. The predicted molar refractivity (Wildman–Crippen MR) is 55.5 cm³/mol. The molecule has 14 heavy (non-hydrogen) atoms. The molecule has 2 atom stereocenters. The monoisotopic (exact) mass is 238 g/mol. The lowest BCUT2D eigenvalue weighted by Crippen LogP contribution is -2.31. The molecule has 5 nitrogen and oxygen atoms in total. The molecule has 1 N–H and O–H groups in total. The molecule has 0 radical (unpaired) electrons. The molecule has 0 rings (SSSR count). The van der Waals surface area contributed by atoms with Crippen LogP contribution in [0.15, 0.2) is 0 Å². The summed E-state index contributed by atoms with van der Waals surface area (Å²) in [5.41, 5.74) is 0. The summed E-state index contributed by atoms with van der Waals surface area (Å²) in [6, 6.07) is 1.92. The molecule has 0 aromatic rings. The van der Waals surface area contributed by atoms with Crippen molar-refractivity contribution in [2.75, 3.05) is 24.3 Å². The van der Waals surface area contributed by atoms with Crippen molar-refractivity contribution in [2.45, 2.75) is 6.92 Å². The smallest absolute Gasteiger partial charge is 0.212 e. The van der Waals surface area contributed by atoms with Crippen LogP contribution in [-0.4, -0.2) is 36.9 Å². The second-order valence-corrected chi connectivity index (χ2v) is 6.46. The Hall–Kier alpha value is -0.450. The van der Waals surface area contributed by atoms with Crippen molar-refractivity contribution in [3.05, 3.63) is 0 Å². The van der Waals surface area contributed by atoms with Crippen molar-refractivity contribution >= 4 is 20.8 Å². The topological polar surface area (TPSA) is 87.0 Å². The van der Waals surface area contributed by atoms with Crippen LogP contribution in [-0.2, 0) is 20.8 Å². The maximum absolute atomic E-state index is 11.2. The Balaban J connectivity index is 3.98. The second kappa shape index (κ2) is 6.11. The number of hydrogen-bond acceptors (Lipinski definition) is 4. The maximum atomic E-state index is 11.2. The summed E-state index contributed by atoms with van der Waals surface area (Å²) < 4.78 is 35.3. The van der Waals surface area contributed by atoms with Gasteiger partial charge in [-0.05, 0) is 6.92 Å². The lowest BCUT2D eigenvalue weighted by molar-refractivity contribution is 0.574. The molecule has 2 unspecified atom stereocenters. The molecular formula is C7H14N2O3S2. The van der Waals surface area contributed by atoms with E-state index in [2.05, 4.69) is 4.72 Å². The first-order valence-corrected chi connectivity index (χ1v) is 7.42. The largest absolute Gasteiger partial charge is 0.260 e. The van der Waals surface area contributed by atoms with Crippen molar-refractivity contribution in [3.63, 3.8) is 0 Å². The summed E-state index contributed by atoms with van der Waals surface area (Å²) in [6.07, 6.45) is 1.45. The number of nitriles is 1. The van der Waals surface area contributed by atoms with Gasteiger partial charge in [0.05, 0.1) is 17.7 Å². The Kier molecular flexibility index (Phi) is 5.92. The molecule has 0 aromatic carbocycles. The standard InChI is InChI=1S/C7H14N2O3S2/c1-7(5-8)6-9-14(11,12)4-3-13(2)10/h7,9H,3-4,6H2,1-2H3. The molecular weight excluding hydrogens is 224 g/mol. The minimum Gasteiger partial charge on any atom is -0.260 e. The van der Waals surface area contributed by atoms with Gasteiger partial charge >= 0.3 is 0 Å². The average Bonchev–Trinajstić information content (AvgIpc) is 2.11. The third-order valence-corrected chi connectivity index (χ3v) is 3.85. The van der Waals surface area contributed by atoms with E-state index >= 15 is 0 Å². The summed E-state index contributed by atoms with van der Waals surface area (Å²) in [6.45, 7) is 1.73. The van der Waals surface area contributed by atoms with Gasteiger partial charge in [0.1, 0.15) is 0 Å². The number of nitrogens with zero attached hydrogens (tertiary/aromatic N) is 1. The Labute approximate surface area is 87.0 Å². The normalized spacial score (nSPS) is 15.8. The highest BCUT2D eigenvalue weighted by Gasteiger charge is 2.12. The molecule has 0 aliphatic heterocycles. The quantitative estimate of drug-likeness (QED) is 0.672. The zero-order valence-corrected chi connectivity index (χ0v) is 9.82. The Morgan fingerprint density at radius 1 is 1.57 bits per heavy atom. The van der Waals surface area contributed by atoms with Crippen LogP contribution in [0.1, 0.15) is 6.92 Å². The van der Waals surface area contributed by atoms with Gasteiger partial charge in [0.15, 0.2) is 0 Å². The van der Waals surface area contributed by atoms with E-state index in [0.29, 0.717) is 0 Å². The fourth-order valence-electron chi connectivity index (χ4n) is 0.597.